The van der Waals surface area contributed by atoms with Gasteiger partial charge in [0.05, 0.1) is 24.4 Å². The van der Waals surface area contributed by atoms with Gasteiger partial charge < -0.3 is 15.0 Å². The topological polar surface area (TPSA) is 71.5 Å². The van der Waals surface area contributed by atoms with E-state index in [1.807, 2.05) is 47.4 Å². The van der Waals surface area contributed by atoms with Crippen LogP contribution in [0.5, 0.6) is 0 Å². The summed E-state index contributed by atoms with van der Waals surface area (Å²) in [5, 5.41) is 3.17. The number of rotatable bonds is 6. The predicted octanol–water partition coefficient (Wildman–Crippen LogP) is 4.43. The Morgan fingerprint density at radius 3 is 2.47 bits per heavy atom. The molecule has 1 aliphatic heterocycles. The molecule has 1 aliphatic carbocycles. The fourth-order valence-electron chi connectivity index (χ4n) is 5.66. The van der Waals surface area contributed by atoms with E-state index in [2.05, 4.69) is 40.6 Å². The summed E-state index contributed by atoms with van der Waals surface area (Å²) in [7, 11) is 0. The standard InChI is InChI=1S/C30H31N3O3/c1-22(34)32-28-25-12-5-6-13-26(25)30(29(28)36-21-23-9-3-2-4-10-23)16-19-33(20-17-30)27(35)15-14-24-11-7-8-18-31-24/h2-15,18,28-29H,16-17,19-21H2,1H3,(H,32,34)/b15-14+/t28-,29+/m1/s1. The molecule has 36 heavy (non-hydrogen) atoms. The van der Waals surface area contributed by atoms with E-state index in [4.69, 9.17) is 4.74 Å². The van der Waals surface area contributed by atoms with Crippen LogP contribution in [-0.4, -0.2) is 40.9 Å². The van der Waals surface area contributed by atoms with Crippen molar-refractivity contribution in [2.45, 2.75) is 43.9 Å². The summed E-state index contributed by atoms with van der Waals surface area (Å²) >= 11 is 0. The molecule has 2 heterocycles. The fraction of sp³-hybridized carbons (Fsp3) is 0.300. The first kappa shape index (κ1) is 23.9. The van der Waals surface area contributed by atoms with Crippen molar-refractivity contribution in [3.63, 3.8) is 0 Å². The van der Waals surface area contributed by atoms with E-state index in [1.165, 1.54) is 5.56 Å². The summed E-state index contributed by atoms with van der Waals surface area (Å²) in [5.41, 5.74) is 3.91. The van der Waals surface area contributed by atoms with Crippen molar-refractivity contribution >= 4 is 17.9 Å². The number of nitrogens with one attached hydrogen (secondary N) is 1. The van der Waals surface area contributed by atoms with Gasteiger partial charge in [0.1, 0.15) is 0 Å². The summed E-state index contributed by atoms with van der Waals surface area (Å²) in [6.45, 7) is 3.26. The molecule has 6 heteroatoms. The van der Waals surface area contributed by atoms with E-state index in [0.717, 1.165) is 29.7 Å². The minimum atomic E-state index is -0.278. The number of piperidine rings is 1. The monoisotopic (exact) mass is 481 g/mol. The van der Waals surface area contributed by atoms with Crippen LogP contribution in [0.2, 0.25) is 0 Å². The Hall–Kier alpha value is -3.77. The lowest BCUT2D eigenvalue weighted by Crippen LogP contribution is -2.51. The van der Waals surface area contributed by atoms with E-state index in [-0.39, 0.29) is 29.4 Å². The maximum atomic E-state index is 12.9. The van der Waals surface area contributed by atoms with Crippen molar-refractivity contribution in [3.8, 4) is 0 Å². The number of aromatic nitrogens is 1. The molecule has 6 nitrogen and oxygen atoms in total. The molecule has 1 spiro atoms. The zero-order valence-electron chi connectivity index (χ0n) is 20.5. The third kappa shape index (κ3) is 4.82. The number of likely N-dealkylation sites (tertiary alicyclic amines) is 1. The van der Waals surface area contributed by atoms with Crippen molar-refractivity contribution in [3.05, 3.63) is 107 Å². The van der Waals surface area contributed by atoms with Gasteiger partial charge in [0, 0.05) is 37.7 Å². The molecular weight excluding hydrogens is 450 g/mol. The lowest BCUT2D eigenvalue weighted by atomic mass is 9.71. The number of hydrogen-bond donors (Lipinski definition) is 1. The minimum absolute atomic E-state index is 0.0121. The second-order valence-electron chi connectivity index (χ2n) is 9.55. The number of fused-ring (bicyclic) bond motifs is 2. The molecule has 0 saturated carbocycles. The van der Waals surface area contributed by atoms with Crippen LogP contribution in [0.15, 0.2) is 85.1 Å². The lowest BCUT2D eigenvalue weighted by molar-refractivity contribution is -0.129. The van der Waals surface area contributed by atoms with E-state index in [9.17, 15) is 9.59 Å². The van der Waals surface area contributed by atoms with Gasteiger partial charge in [0.15, 0.2) is 0 Å². The van der Waals surface area contributed by atoms with Crippen LogP contribution in [0, 0.1) is 0 Å². The normalized spacial score (nSPS) is 20.4. The molecule has 3 aromatic rings. The van der Waals surface area contributed by atoms with Gasteiger partial charge in [-0.15, -0.1) is 0 Å². The molecule has 0 unspecified atom stereocenters. The molecule has 2 aromatic carbocycles. The first-order valence-corrected chi connectivity index (χ1v) is 12.5. The first-order valence-electron chi connectivity index (χ1n) is 12.5. The van der Waals surface area contributed by atoms with Gasteiger partial charge in [-0.3, -0.25) is 14.6 Å². The quantitative estimate of drug-likeness (QED) is 0.529. The van der Waals surface area contributed by atoms with Crippen molar-refractivity contribution in [1.29, 1.82) is 0 Å². The van der Waals surface area contributed by atoms with Crippen molar-refractivity contribution in [1.82, 2.24) is 15.2 Å². The Labute approximate surface area is 212 Å². The molecule has 2 amide bonds. The van der Waals surface area contributed by atoms with Gasteiger partial charge in [-0.25, -0.2) is 0 Å². The number of ether oxygens (including phenoxy) is 1. The summed E-state index contributed by atoms with van der Waals surface area (Å²) in [6.07, 6.45) is 6.39. The molecule has 2 aliphatic rings. The fourth-order valence-corrected chi connectivity index (χ4v) is 5.66. The predicted molar refractivity (Wildman–Crippen MR) is 139 cm³/mol. The molecule has 1 N–H and O–H groups in total. The largest absolute Gasteiger partial charge is 0.370 e. The van der Waals surface area contributed by atoms with Gasteiger partial charge in [0.2, 0.25) is 11.8 Å². The second-order valence-corrected chi connectivity index (χ2v) is 9.55. The smallest absolute Gasteiger partial charge is 0.246 e. The Morgan fingerprint density at radius 2 is 1.75 bits per heavy atom. The maximum absolute atomic E-state index is 12.9. The molecular formula is C30H31N3O3. The summed E-state index contributed by atoms with van der Waals surface area (Å²) in [6, 6.07) is 23.8. The van der Waals surface area contributed by atoms with Gasteiger partial charge in [-0.05, 0) is 47.7 Å². The second kappa shape index (κ2) is 10.5. The third-order valence-electron chi connectivity index (χ3n) is 7.36. The maximum Gasteiger partial charge on any atom is 0.246 e. The molecule has 0 bridgehead atoms. The van der Waals surface area contributed by atoms with Crippen LogP contribution in [0.25, 0.3) is 6.08 Å². The molecule has 0 radical (unpaired) electrons. The highest BCUT2D eigenvalue weighted by molar-refractivity contribution is 5.91. The van der Waals surface area contributed by atoms with Gasteiger partial charge in [-0.1, -0.05) is 60.7 Å². The molecule has 1 aromatic heterocycles. The lowest BCUT2D eigenvalue weighted by Gasteiger charge is -2.44. The Kier molecular flexibility index (Phi) is 6.96. The van der Waals surface area contributed by atoms with Crippen LogP contribution in [0.4, 0.5) is 0 Å². The zero-order valence-corrected chi connectivity index (χ0v) is 20.5. The SMILES string of the molecule is CC(=O)N[C@@H]1c2ccccc2C2(CCN(C(=O)/C=C/c3ccccn3)CC2)[C@H]1OCc1ccccc1. The summed E-state index contributed by atoms with van der Waals surface area (Å²) < 4.78 is 6.64. The highest BCUT2D eigenvalue weighted by atomic mass is 16.5. The summed E-state index contributed by atoms with van der Waals surface area (Å²) in [4.78, 5) is 31.3. The average Bonchev–Trinajstić information content (AvgIpc) is 3.15. The average molecular weight is 482 g/mol. The van der Waals surface area contributed by atoms with Gasteiger partial charge in [-0.2, -0.15) is 0 Å². The van der Waals surface area contributed by atoms with Crippen molar-refractivity contribution in [2.24, 2.45) is 0 Å². The number of benzene rings is 2. The minimum Gasteiger partial charge on any atom is -0.370 e. The van der Waals surface area contributed by atoms with Crippen LogP contribution < -0.4 is 5.32 Å². The summed E-state index contributed by atoms with van der Waals surface area (Å²) in [5.74, 6) is -0.0885. The Balaban J connectivity index is 1.38. The number of nitrogens with zero attached hydrogens (tertiary/aromatic N) is 2. The number of pyridine rings is 1. The van der Waals surface area contributed by atoms with E-state index in [1.54, 1.807) is 25.3 Å². The van der Waals surface area contributed by atoms with Crippen LogP contribution in [0.1, 0.15) is 48.2 Å². The molecule has 1 saturated heterocycles. The van der Waals surface area contributed by atoms with Gasteiger partial charge >= 0.3 is 0 Å². The van der Waals surface area contributed by atoms with E-state index >= 15 is 0 Å². The van der Waals surface area contributed by atoms with Crippen molar-refractivity contribution < 1.29 is 14.3 Å². The number of amides is 2. The van der Waals surface area contributed by atoms with Crippen molar-refractivity contribution in [2.75, 3.05) is 13.1 Å². The van der Waals surface area contributed by atoms with Crippen LogP contribution >= 0.6 is 0 Å². The molecule has 5 rings (SSSR count). The van der Waals surface area contributed by atoms with E-state index in [0.29, 0.717) is 19.7 Å². The first-order chi connectivity index (χ1) is 17.6. The molecule has 1 fully saturated rings. The Morgan fingerprint density at radius 1 is 1.03 bits per heavy atom. The van der Waals surface area contributed by atoms with Crippen LogP contribution in [-0.2, 0) is 26.3 Å². The number of hydrogen-bond acceptors (Lipinski definition) is 4. The highest BCUT2D eigenvalue weighted by Crippen LogP contribution is 2.52. The van der Waals surface area contributed by atoms with Crippen LogP contribution in [0.3, 0.4) is 0 Å². The number of carbonyl (C=O) groups is 2. The van der Waals surface area contributed by atoms with Gasteiger partial charge in [0.25, 0.3) is 0 Å². The highest BCUT2D eigenvalue weighted by Gasteiger charge is 2.54. The Bertz CT molecular complexity index is 1230. The molecule has 184 valence electrons. The third-order valence-corrected chi connectivity index (χ3v) is 7.36. The van der Waals surface area contributed by atoms with E-state index < -0.39 is 0 Å². The zero-order chi connectivity index (χ0) is 25.0. The molecule has 2 atom stereocenters. The number of carbonyl (C=O) groups excluding carboxylic acids is 2.